The van der Waals surface area contributed by atoms with Crippen LogP contribution in [0.25, 0.3) is 6.08 Å². The summed E-state index contributed by atoms with van der Waals surface area (Å²) in [5.74, 6) is -0.00455. The second kappa shape index (κ2) is 10.2. The van der Waals surface area contributed by atoms with Crippen molar-refractivity contribution in [1.82, 2.24) is 4.90 Å². The molecular formula is C21H19ClN2O6S. The molecule has 0 spiro atoms. The Bertz CT molecular complexity index is 1030. The number of hydrogen-bond acceptors (Lipinski definition) is 7. The van der Waals surface area contributed by atoms with Gasteiger partial charge in [-0.05, 0) is 47.7 Å². The SMILES string of the molecule is COc1cc(/C=C2\SC(=O)N(CCOc3ccccc3)C2=O)cc(Cl)c1OCC(N)=O. The highest BCUT2D eigenvalue weighted by Gasteiger charge is 2.34. The molecule has 0 atom stereocenters. The highest BCUT2D eigenvalue weighted by Crippen LogP contribution is 2.38. The fourth-order valence-electron chi connectivity index (χ4n) is 2.72. The number of benzene rings is 2. The van der Waals surface area contributed by atoms with Crippen molar-refractivity contribution in [2.45, 2.75) is 0 Å². The van der Waals surface area contributed by atoms with E-state index in [9.17, 15) is 14.4 Å². The molecule has 10 heteroatoms. The molecule has 1 fully saturated rings. The van der Waals surface area contributed by atoms with E-state index < -0.39 is 11.8 Å². The van der Waals surface area contributed by atoms with E-state index >= 15 is 0 Å². The maximum absolute atomic E-state index is 12.7. The van der Waals surface area contributed by atoms with Crippen LogP contribution in [-0.4, -0.2) is 48.8 Å². The van der Waals surface area contributed by atoms with Crippen molar-refractivity contribution in [2.75, 3.05) is 26.9 Å². The van der Waals surface area contributed by atoms with E-state index in [0.717, 1.165) is 16.7 Å². The van der Waals surface area contributed by atoms with Gasteiger partial charge in [0.15, 0.2) is 18.1 Å². The lowest BCUT2D eigenvalue weighted by molar-refractivity contribution is -0.123. The predicted molar refractivity (Wildman–Crippen MR) is 117 cm³/mol. The number of hydrogen-bond donors (Lipinski definition) is 1. The molecule has 0 radical (unpaired) electrons. The van der Waals surface area contributed by atoms with E-state index in [-0.39, 0.29) is 46.4 Å². The van der Waals surface area contributed by atoms with Gasteiger partial charge in [-0.2, -0.15) is 0 Å². The standard InChI is InChI=1S/C21H19ClN2O6S/c1-28-16-10-13(9-15(22)19(16)30-12-18(23)25)11-17-20(26)24(21(27)31-17)7-8-29-14-5-3-2-4-6-14/h2-6,9-11H,7-8,12H2,1H3,(H2,23,25)/b17-11-. The topological polar surface area (TPSA) is 108 Å². The third-order valence-corrected chi connectivity index (χ3v) is 5.30. The smallest absolute Gasteiger partial charge is 0.293 e. The molecule has 31 heavy (non-hydrogen) atoms. The van der Waals surface area contributed by atoms with E-state index in [1.54, 1.807) is 18.2 Å². The Labute approximate surface area is 187 Å². The van der Waals surface area contributed by atoms with E-state index in [1.165, 1.54) is 19.3 Å². The normalized spacial score (nSPS) is 14.8. The molecule has 3 rings (SSSR count). The van der Waals surface area contributed by atoms with Gasteiger partial charge in [0.1, 0.15) is 12.4 Å². The van der Waals surface area contributed by atoms with Gasteiger partial charge in [-0.3, -0.25) is 19.3 Å². The van der Waals surface area contributed by atoms with E-state index in [2.05, 4.69) is 0 Å². The summed E-state index contributed by atoms with van der Waals surface area (Å²) in [4.78, 5) is 37.3. The number of nitrogens with zero attached hydrogens (tertiary/aromatic N) is 1. The highest BCUT2D eigenvalue weighted by atomic mass is 35.5. The van der Waals surface area contributed by atoms with Crippen LogP contribution < -0.4 is 19.9 Å². The van der Waals surface area contributed by atoms with Gasteiger partial charge in [-0.15, -0.1) is 0 Å². The zero-order valence-corrected chi connectivity index (χ0v) is 18.1. The third-order valence-electron chi connectivity index (χ3n) is 4.11. The monoisotopic (exact) mass is 462 g/mol. The Morgan fingerprint density at radius 3 is 2.61 bits per heavy atom. The average molecular weight is 463 g/mol. The van der Waals surface area contributed by atoms with Crippen molar-refractivity contribution in [2.24, 2.45) is 5.73 Å². The molecule has 0 unspecified atom stereocenters. The molecule has 1 aliphatic heterocycles. The average Bonchev–Trinajstić information content (AvgIpc) is 3.00. The van der Waals surface area contributed by atoms with Crippen LogP contribution in [0.15, 0.2) is 47.4 Å². The maximum atomic E-state index is 12.7. The number of halogens is 1. The Balaban J connectivity index is 1.71. The molecule has 1 heterocycles. The van der Waals surface area contributed by atoms with Crippen molar-refractivity contribution < 1.29 is 28.6 Å². The molecule has 0 aliphatic carbocycles. The number of para-hydroxylation sites is 1. The first kappa shape index (κ1) is 22.5. The second-order valence-electron chi connectivity index (χ2n) is 6.28. The summed E-state index contributed by atoms with van der Waals surface area (Å²) in [6.07, 6.45) is 1.54. The molecule has 2 N–H and O–H groups in total. The zero-order valence-electron chi connectivity index (χ0n) is 16.5. The molecule has 0 bridgehead atoms. The lowest BCUT2D eigenvalue weighted by Gasteiger charge is -2.13. The van der Waals surface area contributed by atoms with Gasteiger partial charge in [0.2, 0.25) is 0 Å². The van der Waals surface area contributed by atoms with Crippen molar-refractivity contribution in [1.29, 1.82) is 0 Å². The summed E-state index contributed by atoms with van der Waals surface area (Å²) >= 11 is 7.06. The van der Waals surface area contributed by atoms with Gasteiger partial charge in [-0.1, -0.05) is 29.8 Å². The van der Waals surface area contributed by atoms with E-state index in [4.69, 9.17) is 31.5 Å². The molecule has 1 saturated heterocycles. The molecule has 3 amide bonds. The Morgan fingerprint density at radius 1 is 1.19 bits per heavy atom. The summed E-state index contributed by atoms with van der Waals surface area (Å²) in [6.45, 7) is -0.0544. The fourth-order valence-corrected chi connectivity index (χ4v) is 3.86. The van der Waals surface area contributed by atoms with Crippen molar-refractivity contribution in [3.63, 3.8) is 0 Å². The molecule has 2 aromatic carbocycles. The minimum absolute atomic E-state index is 0.126. The summed E-state index contributed by atoms with van der Waals surface area (Å²) in [5, 5.41) is -0.213. The van der Waals surface area contributed by atoms with Crippen LogP contribution in [0.5, 0.6) is 17.2 Å². The first-order chi connectivity index (χ1) is 14.9. The predicted octanol–water partition coefficient (Wildman–Crippen LogP) is 3.33. The van der Waals surface area contributed by atoms with Gasteiger partial charge in [0.05, 0.1) is 23.6 Å². The van der Waals surface area contributed by atoms with Gasteiger partial charge in [0, 0.05) is 0 Å². The first-order valence-corrected chi connectivity index (χ1v) is 10.3. The minimum atomic E-state index is -0.660. The number of amides is 3. The van der Waals surface area contributed by atoms with Crippen LogP contribution in [0.4, 0.5) is 4.79 Å². The van der Waals surface area contributed by atoms with E-state index in [0.29, 0.717) is 11.3 Å². The number of primary amides is 1. The molecule has 0 saturated carbocycles. The number of thioether (sulfide) groups is 1. The van der Waals surface area contributed by atoms with Gasteiger partial charge in [0.25, 0.3) is 17.1 Å². The summed E-state index contributed by atoms with van der Waals surface area (Å²) in [6, 6.07) is 12.2. The number of nitrogens with two attached hydrogens (primary N) is 1. The van der Waals surface area contributed by atoms with Crippen molar-refractivity contribution in [3.8, 4) is 17.2 Å². The molecule has 8 nitrogen and oxygen atoms in total. The number of carbonyl (C=O) groups is 3. The summed E-state index contributed by atoms with van der Waals surface area (Å²) in [5.41, 5.74) is 5.61. The van der Waals surface area contributed by atoms with Crippen LogP contribution in [0.3, 0.4) is 0 Å². The van der Waals surface area contributed by atoms with Crippen molar-refractivity contribution >= 4 is 46.5 Å². The van der Waals surface area contributed by atoms with E-state index in [1.807, 2.05) is 18.2 Å². The Kier molecular flexibility index (Phi) is 7.43. The zero-order chi connectivity index (χ0) is 22.4. The molecule has 162 valence electrons. The number of ether oxygens (including phenoxy) is 3. The number of rotatable bonds is 9. The Hall–Kier alpha value is -3.17. The van der Waals surface area contributed by atoms with Crippen LogP contribution in [-0.2, 0) is 9.59 Å². The number of imide groups is 1. The molecular weight excluding hydrogens is 444 g/mol. The third kappa shape index (κ3) is 5.71. The van der Waals surface area contributed by atoms with Gasteiger partial charge >= 0.3 is 0 Å². The second-order valence-corrected chi connectivity index (χ2v) is 7.68. The van der Waals surface area contributed by atoms with Crippen LogP contribution in [0.1, 0.15) is 5.56 Å². The summed E-state index contributed by atoms with van der Waals surface area (Å²) < 4.78 is 16.1. The maximum Gasteiger partial charge on any atom is 0.293 e. The van der Waals surface area contributed by atoms with Crippen LogP contribution >= 0.6 is 23.4 Å². The van der Waals surface area contributed by atoms with Gasteiger partial charge in [-0.25, -0.2) is 0 Å². The molecule has 1 aliphatic rings. The van der Waals surface area contributed by atoms with Crippen LogP contribution in [0.2, 0.25) is 5.02 Å². The van der Waals surface area contributed by atoms with Crippen molar-refractivity contribution in [3.05, 3.63) is 58.0 Å². The lowest BCUT2D eigenvalue weighted by Crippen LogP contribution is -2.32. The number of carbonyl (C=O) groups excluding carboxylic acids is 3. The highest BCUT2D eigenvalue weighted by molar-refractivity contribution is 8.18. The minimum Gasteiger partial charge on any atom is -0.493 e. The Morgan fingerprint density at radius 2 is 1.94 bits per heavy atom. The summed E-state index contributed by atoms with van der Waals surface area (Å²) in [7, 11) is 1.41. The molecule has 2 aromatic rings. The lowest BCUT2D eigenvalue weighted by atomic mass is 10.1. The largest absolute Gasteiger partial charge is 0.493 e. The number of methoxy groups -OCH3 is 1. The fraction of sp³-hybridized carbons (Fsp3) is 0.190. The molecule has 0 aromatic heterocycles. The first-order valence-electron chi connectivity index (χ1n) is 9.11. The quantitative estimate of drug-likeness (QED) is 0.569. The van der Waals surface area contributed by atoms with Crippen LogP contribution in [0, 0.1) is 0 Å². The van der Waals surface area contributed by atoms with Gasteiger partial charge < -0.3 is 19.9 Å².